The van der Waals surface area contributed by atoms with Crippen molar-refractivity contribution in [3.8, 4) is 0 Å². The van der Waals surface area contributed by atoms with Crippen molar-refractivity contribution in [2.24, 2.45) is 11.5 Å². The van der Waals surface area contributed by atoms with Crippen LogP contribution in [0.5, 0.6) is 0 Å². The summed E-state index contributed by atoms with van der Waals surface area (Å²) in [7, 11) is 0. The van der Waals surface area contributed by atoms with Crippen LogP contribution in [0.1, 0.15) is 88.8 Å². The summed E-state index contributed by atoms with van der Waals surface area (Å²) in [4.78, 5) is 19.6. The van der Waals surface area contributed by atoms with Crippen LogP contribution in [0, 0.1) is 11.6 Å². The van der Waals surface area contributed by atoms with E-state index in [0.29, 0.717) is 72.4 Å². The summed E-state index contributed by atoms with van der Waals surface area (Å²) in [6.07, 6.45) is -3.29. The Kier molecular flexibility index (Phi) is 15.4. The Balaban J connectivity index is 0.00000666. The van der Waals surface area contributed by atoms with E-state index in [1.807, 2.05) is 9.80 Å². The van der Waals surface area contributed by atoms with Crippen LogP contribution in [0.4, 0.5) is 46.5 Å². The molecule has 2 atom stereocenters. The summed E-state index contributed by atoms with van der Waals surface area (Å²) in [5.41, 5.74) is 15.3. The highest BCUT2D eigenvalue weighted by atomic mass is 35.5. The first-order valence-electron chi connectivity index (χ1n) is 21.6. The fourth-order valence-electron chi connectivity index (χ4n) is 9.65. The third kappa shape index (κ3) is 10.5. The van der Waals surface area contributed by atoms with Gasteiger partial charge in [-0.05, 0) is 98.2 Å². The summed E-state index contributed by atoms with van der Waals surface area (Å²) in [6, 6.07) is 14.7. The molecule has 0 amide bonds. The van der Waals surface area contributed by atoms with Gasteiger partial charge in [0.25, 0.3) is 0 Å². The normalized spacial score (nSPS) is 17.1. The molecule has 8 rings (SSSR count). The number of anilines is 2. The SMILES string of the molecule is Cl.NCc1ccc(F)c(C2CCCCN2c2ccc(Cl)c3c2c(C(=O)c2cn(CCOC(F)(F)F)c4c(Cl)ccc(N5CCCCC5c5cc(CN)ccc5F)c24)cn3CCOC(F)(F)F)c1. The smallest absolute Gasteiger partial charge is 0.364 e. The number of benzene rings is 4. The molecule has 20 heteroatoms. The summed E-state index contributed by atoms with van der Waals surface area (Å²) in [6.45, 7) is -1.38. The zero-order chi connectivity index (χ0) is 47.1. The van der Waals surface area contributed by atoms with Crippen molar-refractivity contribution in [2.75, 3.05) is 36.1 Å². The first kappa shape index (κ1) is 50.3. The Bertz CT molecular complexity index is 2580. The van der Waals surface area contributed by atoms with Crippen molar-refractivity contribution in [1.82, 2.24) is 9.13 Å². The molecular formula is C47H47Cl3F8N6O3. The van der Waals surface area contributed by atoms with Crippen LogP contribution in [0.2, 0.25) is 10.0 Å². The molecule has 2 aliphatic heterocycles. The number of hydrogen-bond acceptors (Lipinski definition) is 7. The minimum absolute atomic E-state index is 0. The number of ketones is 1. The number of alkyl halides is 6. The lowest BCUT2D eigenvalue weighted by Gasteiger charge is -2.39. The van der Waals surface area contributed by atoms with Gasteiger partial charge in [-0.3, -0.25) is 14.3 Å². The molecule has 2 unspecified atom stereocenters. The maximum Gasteiger partial charge on any atom is 0.522 e. The number of nitrogens with two attached hydrogens (primary N) is 2. The third-order valence-electron chi connectivity index (χ3n) is 12.5. The zero-order valence-electron chi connectivity index (χ0n) is 35.8. The van der Waals surface area contributed by atoms with Crippen molar-refractivity contribution in [2.45, 2.75) is 89.5 Å². The van der Waals surface area contributed by atoms with E-state index < -0.39 is 68.5 Å². The van der Waals surface area contributed by atoms with Gasteiger partial charge < -0.3 is 30.4 Å². The van der Waals surface area contributed by atoms with Crippen molar-refractivity contribution in [3.05, 3.63) is 128 Å². The number of carbonyl (C=O) groups is 1. The fourth-order valence-corrected chi connectivity index (χ4v) is 10.2. The van der Waals surface area contributed by atoms with E-state index in [2.05, 4.69) is 9.47 Å². The number of aromatic nitrogens is 2. The van der Waals surface area contributed by atoms with E-state index in [1.165, 1.54) is 33.7 Å². The van der Waals surface area contributed by atoms with Gasteiger partial charge in [-0.25, -0.2) is 8.78 Å². The largest absolute Gasteiger partial charge is 0.522 e. The molecule has 0 aliphatic carbocycles. The predicted octanol–water partition coefficient (Wildman–Crippen LogP) is 12.3. The van der Waals surface area contributed by atoms with Gasteiger partial charge in [-0.1, -0.05) is 35.3 Å². The Morgan fingerprint density at radius 3 is 1.40 bits per heavy atom. The summed E-state index contributed by atoms with van der Waals surface area (Å²) >= 11 is 13.8. The van der Waals surface area contributed by atoms with E-state index in [1.54, 1.807) is 48.5 Å². The molecular weight excluding hydrogens is 955 g/mol. The van der Waals surface area contributed by atoms with Gasteiger partial charge in [0.05, 0.1) is 57.5 Å². The Morgan fingerprint density at radius 1 is 0.627 bits per heavy atom. The van der Waals surface area contributed by atoms with Crippen LogP contribution in [0.25, 0.3) is 21.8 Å². The minimum Gasteiger partial charge on any atom is -0.364 e. The number of carbonyl (C=O) groups excluding carboxylic acids is 1. The fraction of sp³-hybridized carbons (Fsp3) is 0.383. The van der Waals surface area contributed by atoms with Gasteiger partial charge in [0.15, 0.2) is 5.78 Å². The highest BCUT2D eigenvalue weighted by Gasteiger charge is 2.36. The quantitative estimate of drug-likeness (QED) is 0.0827. The molecule has 4 aromatic carbocycles. The monoisotopic (exact) mass is 1000 g/mol. The molecule has 0 radical (unpaired) electrons. The Hall–Kier alpha value is -4.62. The molecule has 360 valence electrons. The highest BCUT2D eigenvalue weighted by Crippen LogP contribution is 2.47. The second-order valence-electron chi connectivity index (χ2n) is 16.5. The van der Waals surface area contributed by atoms with Crippen molar-refractivity contribution < 1.29 is 49.4 Å². The lowest BCUT2D eigenvalue weighted by molar-refractivity contribution is -0.326. The lowest BCUT2D eigenvalue weighted by Crippen LogP contribution is -2.34. The number of nitrogens with zero attached hydrogens (tertiary/aromatic N) is 4. The molecule has 2 fully saturated rings. The molecule has 2 saturated heterocycles. The topological polar surface area (TPSA) is 104 Å². The van der Waals surface area contributed by atoms with Crippen LogP contribution in [-0.4, -0.2) is 53.9 Å². The van der Waals surface area contributed by atoms with E-state index in [-0.39, 0.29) is 68.5 Å². The van der Waals surface area contributed by atoms with Gasteiger partial charge in [0, 0.05) is 84.9 Å². The standard InChI is InChI=1S/C47H46Cl2F8N6O3.ClH/c48-33-9-13-39(62-15-3-1-5-37(62)29-21-27(23-58)7-11-35(29)50)41-31(25-60(43(33)41)17-19-65-46(52,53)54)45(64)32-26-61(18-20-66-47(55,56)57)44-34(49)10-14-40(42(32)44)63-16-4-2-6-38(63)30-22-28(24-59)8-12-36(30)51;/h7-14,21-22,25-26,37-38H,1-6,15-20,23-24,58-59H2;1H. The third-order valence-corrected chi connectivity index (χ3v) is 13.1. The number of fused-ring (bicyclic) bond motifs is 2. The van der Waals surface area contributed by atoms with Crippen LogP contribution in [0.3, 0.4) is 0 Å². The molecule has 4 heterocycles. The van der Waals surface area contributed by atoms with Crippen LogP contribution >= 0.6 is 35.6 Å². The van der Waals surface area contributed by atoms with Gasteiger partial charge in [0.2, 0.25) is 0 Å². The minimum atomic E-state index is -4.96. The molecule has 0 saturated carbocycles. The molecule has 6 aromatic rings. The lowest BCUT2D eigenvalue weighted by atomic mass is 9.91. The highest BCUT2D eigenvalue weighted by molar-refractivity contribution is 6.38. The summed E-state index contributed by atoms with van der Waals surface area (Å²) in [5.74, 6) is -1.60. The van der Waals surface area contributed by atoms with Crippen LogP contribution in [0.15, 0.2) is 73.1 Å². The van der Waals surface area contributed by atoms with Crippen LogP contribution < -0.4 is 21.3 Å². The van der Waals surface area contributed by atoms with Gasteiger partial charge in [-0.2, -0.15) is 0 Å². The van der Waals surface area contributed by atoms with Crippen molar-refractivity contribution in [3.63, 3.8) is 0 Å². The molecule has 4 N–H and O–H groups in total. The first-order chi connectivity index (χ1) is 31.5. The Morgan fingerprint density at radius 2 is 1.03 bits per heavy atom. The number of hydrogen-bond donors (Lipinski definition) is 2. The number of halogens is 11. The van der Waals surface area contributed by atoms with Crippen LogP contribution in [-0.2, 0) is 35.7 Å². The molecule has 67 heavy (non-hydrogen) atoms. The van der Waals surface area contributed by atoms with E-state index in [9.17, 15) is 26.3 Å². The van der Waals surface area contributed by atoms with E-state index in [4.69, 9.17) is 34.7 Å². The molecule has 2 aliphatic rings. The van der Waals surface area contributed by atoms with Gasteiger partial charge in [-0.15, -0.1) is 38.7 Å². The van der Waals surface area contributed by atoms with E-state index in [0.717, 1.165) is 12.8 Å². The average molecular weight is 1000 g/mol. The first-order valence-corrected chi connectivity index (χ1v) is 22.3. The number of ether oxygens (including phenoxy) is 2. The molecule has 0 bridgehead atoms. The predicted molar refractivity (Wildman–Crippen MR) is 245 cm³/mol. The van der Waals surface area contributed by atoms with Gasteiger partial charge >= 0.3 is 12.7 Å². The van der Waals surface area contributed by atoms with Gasteiger partial charge in [0.1, 0.15) is 11.6 Å². The average Bonchev–Trinajstić information content (AvgIpc) is 3.87. The summed E-state index contributed by atoms with van der Waals surface area (Å²) < 4.78 is 123. The van der Waals surface area contributed by atoms with E-state index >= 15 is 13.6 Å². The van der Waals surface area contributed by atoms with Crippen molar-refractivity contribution in [1.29, 1.82) is 0 Å². The zero-order valence-corrected chi connectivity index (χ0v) is 38.2. The maximum absolute atomic E-state index is 15.8. The Labute approximate surface area is 396 Å². The summed E-state index contributed by atoms with van der Waals surface area (Å²) in [5, 5.41) is 0.697. The number of piperidine rings is 2. The second kappa shape index (κ2) is 20.5. The molecule has 0 spiro atoms. The maximum atomic E-state index is 15.8. The molecule has 9 nitrogen and oxygen atoms in total. The second-order valence-corrected chi connectivity index (χ2v) is 17.3. The van der Waals surface area contributed by atoms with Crippen molar-refractivity contribution >= 4 is 74.6 Å². The number of rotatable bonds is 14. The molecule has 2 aromatic heterocycles.